The summed E-state index contributed by atoms with van der Waals surface area (Å²) in [6.07, 6.45) is 4.71. The Morgan fingerprint density at radius 1 is 1.11 bits per heavy atom. The van der Waals surface area contributed by atoms with E-state index < -0.39 is 0 Å². The molecule has 2 aromatic heterocycles. The van der Waals surface area contributed by atoms with Crippen molar-refractivity contribution in [3.05, 3.63) is 51.7 Å². The van der Waals surface area contributed by atoms with Gasteiger partial charge in [0.05, 0.1) is 0 Å². The highest BCUT2D eigenvalue weighted by molar-refractivity contribution is 5.94. The van der Waals surface area contributed by atoms with E-state index in [0.717, 1.165) is 50.3 Å². The second-order valence-electron chi connectivity index (χ2n) is 8.12. The molecular weight excluding hydrogens is 342 g/mol. The number of carbonyl (C=O) groups is 1. The van der Waals surface area contributed by atoms with Crippen molar-refractivity contribution in [2.24, 2.45) is 5.92 Å². The van der Waals surface area contributed by atoms with Gasteiger partial charge >= 0.3 is 0 Å². The number of H-pyrrole nitrogens is 1. The number of aromatic nitrogens is 3. The van der Waals surface area contributed by atoms with Crippen LogP contribution in [0.5, 0.6) is 0 Å². The maximum Gasteiger partial charge on any atom is 0.263 e. The van der Waals surface area contributed by atoms with E-state index in [1.807, 2.05) is 21.6 Å². The summed E-state index contributed by atoms with van der Waals surface area (Å²) in [6, 6.07) is 5.76. The number of pyridine rings is 1. The summed E-state index contributed by atoms with van der Waals surface area (Å²) in [5.41, 5.74) is 2.44. The number of rotatable bonds is 2. The van der Waals surface area contributed by atoms with E-state index in [9.17, 15) is 9.59 Å². The Labute approximate surface area is 157 Å². The van der Waals surface area contributed by atoms with Gasteiger partial charge in [-0.3, -0.25) is 14.7 Å². The SMILES string of the molecule is O=C(c1ccc2n(c1=O)C[C@@H]1CNC[C@H]2C1)N1CCC(c2ccn[nH]2)CC1. The standard InChI is InChI=1S/C20H25N5O2/c26-19(24-7-4-14(5-8-24)17-3-6-22-23-17)16-1-2-18-15-9-13(10-21-11-15)12-25(18)20(16)27/h1-3,6,13-15,21H,4-5,7-12H2,(H,22,23)/t13-,15+/m0/s1. The molecule has 0 radical (unpaired) electrons. The number of aromatic amines is 1. The molecule has 2 atom stereocenters. The van der Waals surface area contributed by atoms with E-state index in [1.54, 1.807) is 12.3 Å². The van der Waals surface area contributed by atoms with Crippen LogP contribution in [0, 0.1) is 5.92 Å². The second kappa shape index (κ2) is 6.64. The maximum absolute atomic E-state index is 13.1. The van der Waals surface area contributed by atoms with E-state index in [-0.39, 0.29) is 11.5 Å². The first kappa shape index (κ1) is 16.7. The van der Waals surface area contributed by atoms with E-state index in [0.29, 0.717) is 36.4 Å². The normalized spacial score (nSPS) is 25.3. The minimum absolute atomic E-state index is 0.107. The Bertz CT molecular complexity index is 896. The first-order valence-corrected chi connectivity index (χ1v) is 9.93. The number of fused-ring (bicyclic) bond motifs is 4. The molecule has 27 heavy (non-hydrogen) atoms. The monoisotopic (exact) mass is 367 g/mol. The lowest BCUT2D eigenvalue weighted by Crippen LogP contribution is -2.47. The predicted molar refractivity (Wildman–Crippen MR) is 101 cm³/mol. The smallest absolute Gasteiger partial charge is 0.263 e. The molecule has 3 aliphatic rings. The maximum atomic E-state index is 13.1. The van der Waals surface area contributed by atoms with Gasteiger partial charge in [0.2, 0.25) is 0 Å². The molecule has 2 saturated heterocycles. The van der Waals surface area contributed by atoms with Gasteiger partial charge < -0.3 is 14.8 Å². The Morgan fingerprint density at radius 3 is 2.74 bits per heavy atom. The molecule has 5 heterocycles. The van der Waals surface area contributed by atoms with Gasteiger partial charge in [-0.1, -0.05) is 0 Å². The minimum Gasteiger partial charge on any atom is -0.338 e. The third kappa shape index (κ3) is 2.90. The summed E-state index contributed by atoms with van der Waals surface area (Å²) < 4.78 is 1.87. The van der Waals surface area contributed by atoms with Crippen molar-refractivity contribution < 1.29 is 4.79 Å². The van der Waals surface area contributed by atoms with Crippen molar-refractivity contribution in [3.8, 4) is 0 Å². The van der Waals surface area contributed by atoms with Gasteiger partial charge in [0.15, 0.2) is 0 Å². The molecule has 0 unspecified atom stereocenters. The number of likely N-dealkylation sites (tertiary alicyclic amines) is 1. The van der Waals surface area contributed by atoms with Crippen LogP contribution in [0.2, 0.25) is 0 Å². The van der Waals surface area contributed by atoms with Crippen LogP contribution >= 0.6 is 0 Å². The molecule has 2 N–H and O–H groups in total. The zero-order valence-electron chi connectivity index (χ0n) is 15.4. The van der Waals surface area contributed by atoms with E-state index in [4.69, 9.17) is 0 Å². The van der Waals surface area contributed by atoms with Gasteiger partial charge in [-0.05, 0) is 49.9 Å². The van der Waals surface area contributed by atoms with Gasteiger partial charge in [-0.15, -0.1) is 0 Å². The minimum atomic E-state index is -0.118. The highest BCUT2D eigenvalue weighted by Crippen LogP contribution is 2.32. The Balaban J connectivity index is 1.35. The zero-order valence-corrected chi connectivity index (χ0v) is 15.4. The van der Waals surface area contributed by atoms with Crippen LogP contribution in [0.15, 0.2) is 29.2 Å². The van der Waals surface area contributed by atoms with Crippen molar-refractivity contribution in [2.75, 3.05) is 26.2 Å². The average molecular weight is 367 g/mol. The Hall–Kier alpha value is -2.41. The number of hydrogen-bond acceptors (Lipinski definition) is 4. The van der Waals surface area contributed by atoms with Crippen LogP contribution in [-0.4, -0.2) is 51.8 Å². The lowest BCUT2D eigenvalue weighted by atomic mass is 9.84. The van der Waals surface area contributed by atoms with E-state index in [2.05, 4.69) is 15.5 Å². The number of carbonyl (C=O) groups excluding carboxylic acids is 1. The first-order chi connectivity index (χ1) is 13.2. The second-order valence-corrected chi connectivity index (χ2v) is 8.12. The molecule has 0 aliphatic carbocycles. The van der Waals surface area contributed by atoms with Crippen molar-refractivity contribution in [1.29, 1.82) is 0 Å². The van der Waals surface area contributed by atoms with Crippen LogP contribution in [0.1, 0.15) is 52.8 Å². The number of nitrogens with zero attached hydrogens (tertiary/aromatic N) is 3. The highest BCUT2D eigenvalue weighted by atomic mass is 16.2. The first-order valence-electron chi connectivity index (χ1n) is 9.93. The van der Waals surface area contributed by atoms with Crippen LogP contribution in [-0.2, 0) is 6.54 Å². The summed E-state index contributed by atoms with van der Waals surface area (Å²) >= 11 is 0. The fourth-order valence-electron chi connectivity index (χ4n) is 5.01. The average Bonchev–Trinajstić information content (AvgIpc) is 3.24. The molecule has 7 nitrogen and oxygen atoms in total. The van der Waals surface area contributed by atoms with Gasteiger partial charge in [0, 0.05) is 55.6 Å². The lowest BCUT2D eigenvalue weighted by Gasteiger charge is -2.38. The molecule has 2 aromatic rings. The van der Waals surface area contributed by atoms with Gasteiger partial charge in [0.25, 0.3) is 11.5 Å². The summed E-state index contributed by atoms with van der Waals surface area (Å²) in [4.78, 5) is 27.9. The summed E-state index contributed by atoms with van der Waals surface area (Å²) in [5, 5.41) is 10.5. The fourth-order valence-corrected chi connectivity index (χ4v) is 5.01. The number of piperidine rings is 2. The molecule has 0 saturated carbocycles. The van der Waals surface area contributed by atoms with Crippen molar-refractivity contribution in [1.82, 2.24) is 25.0 Å². The molecule has 7 heteroatoms. The molecule has 3 aliphatic heterocycles. The molecule has 2 fully saturated rings. The molecule has 2 bridgehead atoms. The molecule has 142 valence electrons. The zero-order chi connectivity index (χ0) is 18.4. The van der Waals surface area contributed by atoms with Gasteiger partial charge in [-0.25, -0.2) is 0 Å². The quantitative estimate of drug-likeness (QED) is 0.838. The summed E-state index contributed by atoms with van der Waals surface area (Å²) in [5.74, 6) is 1.17. The predicted octanol–water partition coefficient (Wildman–Crippen LogP) is 1.30. The van der Waals surface area contributed by atoms with Crippen LogP contribution < -0.4 is 10.9 Å². The van der Waals surface area contributed by atoms with Crippen molar-refractivity contribution >= 4 is 5.91 Å². The third-order valence-electron chi connectivity index (χ3n) is 6.48. The summed E-state index contributed by atoms with van der Waals surface area (Å²) in [7, 11) is 0. The summed E-state index contributed by atoms with van der Waals surface area (Å²) in [6.45, 7) is 3.96. The Kier molecular flexibility index (Phi) is 4.11. The topological polar surface area (TPSA) is 83.0 Å². The van der Waals surface area contributed by atoms with Gasteiger partial charge in [0.1, 0.15) is 5.56 Å². The molecule has 1 amide bonds. The van der Waals surface area contributed by atoms with E-state index >= 15 is 0 Å². The molecular formula is C20H25N5O2. The third-order valence-corrected chi connectivity index (χ3v) is 6.48. The molecule has 0 spiro atoms. The Morgan fingerprint density at radius 2 is 1.96 bits per heavy atom. The van der Waals surface area contributed by atoms with Crippen LogP contribution in [0.3, 0.4) is 0 Å². The largest absolute Gasteiger partial charge is 0.338 e. The van der Waals surface area contributed by atoms with Crippen LogP contribution in [0.4, 0.5) is 0 Å². The van der Waals surface area contributed by atoms with Crippen molar-refractivity contribution in [3.63, 3.8) is 0 Å². The lowest BCUT2D eigenvalue weighted by molar-refractivity contribution is 0.0709. The van der Waals surface area contributed by atoms with Crippen molar-refractivity contribution in [2.45, 2.75) is 37.6 Å². The van der Waals surface area contributed by atoms with E-state index in [1.165, 1.54) is 0 Å². The fraction of sp³-hybridized carbons (Fsp3) is 0.550. The number of hydrogen-bond donors (Lipinski definition) is 2. The molecule has 0 aromatic carbocycles. The molecule has 5 rings (SSSR count). The highest BCUT2D eigenvalue weighted by Gasteiger charge is 2.33. The number of nitrogens with one attached hydrogen (secondary N) is 2. The van der Waals surface area contributed by atoms with Crippen LogP contribution in [0.25, 0.3) is 0 Å². The number of amides is 1. The van der Waals surface area contributed by atoms with Gasteiger partial charge in [-0.2, -0.15) is 5.10 Å².